The van der Waals surface area contributed by atoms with Gasteiger partial charge in [0.25, 0.3) is 0 Å². The zero-order chi connectivity index (χ0) is 14.5. The quantitative estimate of drug-likeness (QED) is 0.802. The van der Waals surface area contributed by atoms with Crippen LogP contribution in [0.25, 0.3) is 0 Å². The third kappa shape index (κ3) is 6.27. The van der Waals surface area contributed by atoms with E-state index < -0.39 is 11.7 Å². The Morgan fingerprint density at radius 2 is 2.11 bits per heavy atom. The maximum absolute atomic E-state index is 11.8. The van der Waals surface area contributed by atoms with E-state index in [0.29, 0.717) is 19.5 Å². The van der Waals surface area contributed by atoms with Gasteiger partial charge in [0, 0.05) is 24.8 Å². The first-order chi connectivity index (χ1) is 8.81. The molecule has 0 bridgehead atoms. The molecule has 0 aromatic heterocycles. The van der Waals surface area contributed by atoms with E-state index in [1.54, 1.807) is 0 Å². The van der Waals surface area contributed by atoms with Crippen LogP contribution in [-0.4, -0.2) is 47.0 Å². The van der Waals surface area contributed by atoms with Crippen molar-refractivity contribution >= 4 is 27.9 Å². The predicted molar refractivity (Wildman–Crippen MR) is 77.4 cm³/mol. The van der Waals surface area contributed by atoms with Gasteiger partial charge in [-0.1, -0.05) is 15.9 Å². The summed E-state index contributed by atoms with van der Waals surface area (Å²) in [5.41, 5.74) is -0.492. The Balaban J connectivity index is 2.32. The van der Waals surface area contributed by atoms with Crippen LogP contribution in [0.1, 0.15) is 40.0 Å². The molecule has 6 heteroatoms. The highest BCUT2D eigenvalue weighted by Crippen LogP contribution is 2.13. The number of hydrogen-bond acceptors (Lipinski definition) is 3. The lowest BCUT2D eigenvalue weighted by Gasteiger charge is -2.22. The van der Waals surface area contributed by atoms with E-state index in [0.717, 1.165) is 18.2 Å². The van der Waals surface area contributed by atoms with Crippen molar-refractivity contribution < 1.29 is 14.3 Å². The van der Waals surface area contributed by atoms with Crippen LogP contribution in [0.3, 0.4) is 0 Å². The second-order valence-corrected chi connectivity index (χ2v) is 6.56. The first kappa shape index (κ1) is 16.3. The molecule has 0 radical (unpaired) electrons. The summed E-state index contributed by atoms with van der Waals surface area (Å²) < 4.78 is 5.20. The average Bonchev–Trinajstić information content (AvgIpc) is 2.71. The van der Waals surface area contributed by atoms with E-state index in [2.05, 4.69) is 21.2 Å². The summed E-state index contributed by atoms with van der Waals surface area (Å²) >= 11 is 3.31. The highest BCUT2D eigenvalue weighted by atomic mass is 79.9. The van der Waals surface area contributed by atoms with Crippen LogP contribution in [0.5, 0.6) is 0 Å². The van der Waals surface area contributed by atoms with E-state index >= 15 is 0 Å². The summed E-state index contributed by atoms with van der Waals surface area (Å²) in [6.45, 7) is 6.79. The van der Waals surface area contributed by atoms with Gasteiger partial charge >= 0.3 is 6.09 Å². The van der Waals surface area contributed by atoms with Crippen molar-refractivity contribution in [3.63, 3.8) is 0 Å². The second-order valence-electron chi connectivity index (χ2n) is 5.76. The van der Waals surface area contributed by atoms with Gasteiger partial charge in [-0.05, 0) is 33.6 Å². The van der Waals surface area contributed by atoms with E-state index in [1.807, 2.05) is 25.7 Å². The van der Waals surface area contributed by atoms with Gasteiger partial charge in [-0.3, -0.25) is 4.79 Å². The summed E-state index contributed by atoms with van der Waals surface area (Å²) in [5.74, 6) is 0.160. The van der Waals surface area contributed by atoms with Gasteiger partial charge in [-0.15, -0.1) is 0 Å². The minimum Gasteiger partial charge on any atom is -0.444 e. The molecule has 110 valence electrons. The van der Waals surface area contributed by atoms with Crippen molar-refractivity contribution in [2.45, 2.75) is 51.7 Å². The minimum atomic E-state index is -0.492. The third-order valence-corrected chi connectivity index (χ3v) is 3.35. The lowest BCUT2D eigenvalue weighted by molar-refractivity contribution is -0.130. The molecule has 0 aliphatic carbocycles. The summed E-state index contributed by atoms with van der Waals surface area (Å²) in [5, 5.41) is 3.65. The first-order valence-corrected chi connectivity index (χ1v) is 7.77. The van der Waals surface area contributed by atoms with Gasteiger partial charge in [0.2, 0.25) is 5.91 Å². The fraction of sp³-hybridized carbons (Fsp3) is 0.846. The molecule has 19 heavy (non-hydrogen) atoms. The van der Waals surface area contributed by atoms with Crippen molar-refractivity contribution in [3.05, 3.63) is 0 Å². The molecule has 5 nitrogen and oxygen atoms in total. The summed E-state index contributed by atoms with van der Waals surface area (Å²) in [7, 11) is 0. The number of hydrogen-bond donors (Lipinski definition) is 1. The van der Waals surface area contributed by atoms with Crippen molar-refractivity contribution in [2.24, 2.45) is 0 Å². The van der Waals surface area contributed by atoms with Crippen LogP contribution < -0.4 is 5.32 Å². The average molecular weight is 335 g/mol. The second kappa shape index (κ2) is 7.12. The Kier molecular flexibility index (Phi) is 6.10. The number of carbonyl (C=O) groups excluding carboxylic acids is 2. The molecule has 1 atom stereocenters. The van der Waals surface area contributed by atoms with Gasteiger partial charge in [-0.25, -0.2) is 4.79 Å². The van der Waals surface area contributed by atoms with Gasteiger partial charge in [0.05, 0.1) is 6.04 Å². The van der Waals surface area contributed by atoms with E-state index in [1.165, 1.54) is 0 Å². The van der Waals surface area contributed by atoms with Crippen LogP contribution in [0.4, 0.5) is 4.79 Å². The Labute approximate surface area is 123 Å². The molecule has 1 aliphatic rings. The summed E-state index contributed by atoms with van der Waals surface area (Å²) in [4.78, 5) is 25.3. The number of halogens is 1. The Hall–Kier alpha value is -0.780. The van der Waals surface area contributed by atoms with Gasteiger partial charge in [-0.2, -0.15) is 0 Å². The molecule has 0 saturated carbocycles. The molecule has 0 spiro atoms. The number of carbonyl (C=O) groups is 2. The van der Waals surface area contributed by atoms with Crippen molar-refractivity contribution in [2.75, 3.05) is 18.4 Å². The normalized spacial score (nSPS) is 19.4. The lowest BCUT2D eigenvalue weighted by Crippen LogP contribution is -2.41. The molecule has 0 aromatic rings. The van der Waals surface area contributed by atoms with E-state index in [9.17, 15) is 9.59 Å². The maximum atomic E-state index is 11.8. The van der Waals surface area contributed by atoms with Crippen LogP contribution in [0, 0.1) is 0 Å². The number of alkyl carbamates (subject to hydrolysis) is 1. The number of nitrogens with zero attached hydrogens (tertiary/aromatic N) is 1. The molecule has 1 fully saturated rings. The number of rotatable bonds is 4. The smallest absolute Gasteiger partial charge is 0.407 e. The van der Waals surface area contributed by atoms with E-state index in [-0.39, 0.29) is 11.9 Å². The number of likely N-dealkylation sites (tertiary alicyclic amines) is 1. The molecule has 0 aromatic carbocycles. The lowest BCUT2D eigenvalue weighted by atomic mass is 10.2. The van der Waals surface area contributed by atoms with E-state index in [4.69, 9.17) is 4.74 Å². The molecule has 1 heterocycles. The van der Waals surface area contributed by atoms with Crippen LogP contribution >= 0.6 is 15.9 Å². The predicted octanol–water partition coefficient (Wildman–Crippen LogP) is 2.29. The van der Waals surface area contributed by atoms with Crippen LogP contribution in [-0.2, 0) is 9.53 Å². The summed E-state index contributed by atoms with van der Waals surface area (Å²) in [6, 6.07) is 0.00257. The minimum absolute atomic E-state index is 0.00257. The number of alkyl halides is 1. The van der Waals surface area contributed by atoms with Crippen LogP contribution in [0.2, 0.25) is 0 Å². The van der Waals surface area contributed by atoms with Gasteiger partial charge < -0.3 is 15.0 Å². The molecule has 2 amide bonds. The SMILES string of the molecule is CC(C)(C)OC(=O)N[C@@H]1CCN(C(=O)CCCBr)C1. The highest BCUT2D eigenvalue weighted by Gasteiger charge is 2.28. The molecule has 1 rings (SSSR count). The zero-order valence-corrected chi connectivity index (χ0v) is 13.5. The van der Waals surface area contributed by atoms with Crippen molar-refractivity contribution in [3.8, 4) is 0 Å². The molecular formula is C13H23BrN2O3. The number of amides is 2. The van der Waals surface area contributed by atoms with Crippen molar-refractivity contribution in [1.29, 1.82) is 0 Å². The molecular weight excluding hydrogens is 312 g/mol. The monoisotopic (exact) mass is 334 g/mol. The van der Waals surface area contributed by atoms with Crippen LogP contribution in [0.15, 0.2) is 0 Å². The van der Waals surface area contributed by atoms with Crippen molar-refractivity contribution in [1.82, 2.24) is 10.2 Å². The third-order valence-electron chi connectivity index (χ3n) is 2.79. The topological polar surface area (TPSA) is 58.6 Å². The van der Waals surface area contributed by atoms with Gasteiger partial charge in [0.1, 0.15) is 5.60 Å². The number of nitrogens with one attached hydrogen (secondary N) is 1. The molecule has 1 saturated heterocycles. The fourth-order valence-corrected chi connectivity index (χ4v) is 2.24. The molecule has 1 N–H and O–H groups in total. The molecule has 1 aliphatic heterocycles. The first-order valence-electron chi connectivity index (χ1n) is 6.65. The zero-order valence-electron chi connectivity index (χ0n) is 11.9. The standard InChI is InChI=1S/C13H23BrN2O3/c1-13(2,3)19-12(18)15-10-6-8-16(9-10)11(17)5-4-7-14/h10H,4-9H2,1-3H3,(H,15,18)/t10-/m1/s1. The Bertz CT molecular complexity index is 328. The maximum Gasteiger partial charge on any atom is 0.407 e. The largest absolute Gasteiger partial charge is 0.444 e. The fourth-order valence-electron chi connectivity index (χ4n) is 1.95. The highest BCUT2D eigenvalue weighted by molar-refractivity contribution is 9.09. The summed E-state index contributed by atoms with van der Waals surface area (Å²) in [6.07, 6.45) is 1.79. The molecule has 0 unspecified atom stereocenters. The Morgan fingerprint density at radius 3 is 2.68 bits per heavy atom. The van der Waals surface area contributed by atoms with Gasteiger partial charge in [0.15, 0.2) is 0 Å². The Morgan fingerprint density at radius 1 is 1.42 bits per heavy atom. The number of ether oxygens (including phenoxy) is 1.